The number of halogens is 1. The molecule has 0 radical (unpaired) electrons. The van der Waals surface area contributed by atoms with E-state index in [1.165, 1.54) is 23.0 Å². The lowest BCUT2D eigenvalue weighted by Gasteiger charge is -2.37. The third kappa shape index (κ3) is 5.63. The average Bonchev–Trinajstić information content (AvgIpc) is 2.78. The van der Waals surface area contributed by atoms with Crippen molar-refractivity contribution in [3.8, 4) is 0 Å². The Kier molecular flexibility index (Phi) is 7.23. The largest absolute Gasteiger partial charge is 0.368 e. The van der Waals surface area contributed by atoms with Crippen molar-refractivity contribution in [1.29, 1.82) is 0 Å². The molecule has 2 saturated heterocycles. The predicted octanol–water partition coefficient (Wildman–Crippen LogP) is 4.12. The van der Waals surface area contributed by atoms with Crippen LogP contribution in [0.15, 0.2) is 35.5 Å². The van der Waals surface area contributed by atoms with Crippen molar-refractivity contribution in [3.63, 3.8) is 0 Å². The Bertz CT molecular complexity index is 911. The average molecular weight is 460 g/mol. The molecule has 4 rings (SSSR count). The minimum Gasteiger partial charge on any atom is -0.368 e. The predicted molar refractivity (Wildman–Crippen MR) is 128 cm³/mol. The van der Waals surface area contributed by atoms with Crippen molar-refractivity contribution >= 4 is 40.8 Å². The summed E-state index contributed by atoms with van der Waals surface area (Å²) in [5.74, 6) is 2.07. The zero-order chi connectivity index (χ0) is 21.8. The molecule has 2 aliphatic rings. The summed E-state index contributed by atoms with van der Waals surface area (Å²) >= 11 is 7.68. The summed E-state index contributed by atoms with van der Waals surface area (Å²) in [5.41, 5.74) is 2.59. The van der Waals surface area contributed by atoms with E-state index >= 15 is 0 Å². The van der Waals surface area contributed by atoms with Crippen LogP contribution in [0.4, 0.5) is 11.5 Å². The molecule has 1 aromatic heterocycles. The lowest BCUT2D eigenvalue weighted by Crippen LogP contribution is -2.47. The van der Waals surface area contributed by atoms with Gasteiger partial charge in [0.2, 0.25) is 5.91 Å². The smallest absolute Gasteiger partial charge is 0.233 e. The minimum atomic E-state index is 0.161. The Morgan fingerprint density at radius 1 is 1.06 bits per heavy atom. The number of carbonyl (C=O) groups is 1. The Hall–Kier alpha value is -1.99. The van der Waals surface area contributed by atoms with E-state index < -0.39 is 0 Å². The number of para-hydroxylation sites is 1. The number of aryl methyl sites for hydroxylation is 1. The highest BCUT2D eigenvalue weighted by atomic mass is 35.5. The third-order valence-electron chi connectivity index (χ3n) is 6.18. The van der Waals surface area contributed by atoms with Gasteiger partial charge in [-0.2, -0.15) is 0 Å². The number of carbonyl (C=O) groups excluding carboxylic acids is 1. The van der Waals surface area contributed by atoms with Crippen LogP contribution in [0.25, 0.3) is 0 Å². The van der Waals surface area contributed by atoms with E-state index in [2.05, 4.69) is 52.9 Å². The first-order valence-corrected chi connectivity index (χ1v) is 12.4. The van der Waals surface area contributed by atoms with E-state index in [0.29, 0.717) is 22.0 Å². The molecule has 0 N–H and O–H groups in total. The van der Waals surface area contributed by atoms with E-state index in [9.17, 15) is 4.79 Å². The standard InChI is InChI=1S/C23H30ClN5OS/c1-17-7-9-29(10-8-17)22(30)16-31-23-25-20(24)15-21(26-23)28-13-11-27(12-14-28)19-6-4-3-5-18(19)2/h3-6,15,17H,7-14,16H2,1-2H3. The molecule has 2 aromatic rings. The number of piperazine rings is 1. The van der Waals surface area contributed by atoms with Crippen molar-refractivity contribution in [2.75, 3.05) is 54.8 Å². The molecule has 1 amide bonds. The van der Waals surface area contributed by atoms with Crippen LogP contribution in [0.2, 0.25) is 5.15 Å². The fourth-order valence-corrected chi connectivity index (χ4v) is 5.17. The number of aromatic nitrogens is 2. The van der Waals surface area contributed by atoms with Gasteiger partial charge < -0.3 is 14.7 Å². The van der Waals surface area contributed by atoms with Crippen molar-refractivity contribution in [2.45, 2.75) is 31.8 Å². The number of thioether (sulfide) groups is 1. The van der Waals surface area contributed by atoms with Crippen LogP contribution in [0.3, 0.4) is 0 Å². The maximum atomic E-state index is 12.5. The van der Waals surface area contributed by atoms with E-state index in [1.807, 2.05) is 11.0 Å². The fraction of sp³-hybridized carbons (Fsp3) is 0.522. The molecule has 6 nitrogen and oxygen atoms in total. The molecule has 0 unspecified atom stereocenters. The number of hydrogen-bond acceptors (Lipinski definition) is 6. The summed E-state index contributed by atoms with van der Waals surface area (Å²) in [6.45, 7) is 9.72. The second-order valence-electron chi connectivity index (χ2n) is 8.44. The first kappa shape index (κ1) is 22.2. The van der Waals surface area contributed by atoms with Gasteiger partial charge in [0.25, 0.3) is 0 Å². The Labute approximate surface area is 194 Å². The first-order chi connectivity index (χ1) is 15.0. The Morgan fingerprint density at radius 2 is 1.74 bits per heavy atom. The van der Waals surface area contributed by atoms with Gasteiger partial charge in [0.1, 0.15) is 11.0 Å². The summed E-state index contributed by atoms with van der Waals surface area (Å²) in [4.78, 5) is 28.2. The normalized spacial score (nSPS) is 17.8. The van der Waals surface area contributed by atoms with Gasteiger partial charge in [-0.3, -0.25) is 4.79 Å². The van der Waals surface area contributed by atoms with Gasteiger partial charge in [-0.15, -0.1) is 0 Å². The molecule has 0 aliphatic carbocycles. The molecule has 1 aromatic carbocycles. The van der Waals surface area contributed by atoms with E-state index in [-0.39, 0.29) is 5.91 Å². The van der Waals surface area contributed by atoms with Crippen LogP contribution >= 0.6 is 23.4 Å². The van der Waals surface area contributed by atoms with Crippen LogP contribution < -0.4 is 9.80 Å². The van der Waals surface area contributed by atoms with E-state index in [1.54, 1.807) is 0 Å². The van der Waals surface area contributed by atoms with Crippen LogP contribution in [0.5, 0.6) is 0 Å². The van der Waals surface area contributed by atoms with Gasteiger partial charge in [-0.05, 0) is 37.3 Å². The van der Waals surface area contributed by atoms with Crippen molar-refractivity contribution < 1.29 is 4.79 Å². The molecule has 0 saturated carbocycles. The van der Waals surface area contributed by atoms with Gasteiger partial charge in [0.15, 0.2) is 5.16 Å². The number of amides is 1. The zero-order valence-electron chi connectivity index (χ0n) is 18.3. The first-order valence-electron chi connectivity index (χ1n) is 11.0. The number of benzene rings is 1. The molecule has 2 fully saturated rings. The second kappa shape index (κ2) is 10.1. The summed E-state index contributed by atoms with van der Waals surface area (Å²) in [6, 6.07) is 10.3. The van der Waals surface area contributed by atoms with Crippen molar-refractivity contribution in [3.05, 3.63) is 41.0 Å². The Morgan fingerprint density at radius 3 is 2.45 bits per heavy atom. The number of piperidine rings is 1. The molecular weight excluding hydrogens is 430 g/mol. The second-order valence-corrected chi connectivity index (χ2v) is 9.77. The monoisotopic (exact) mass is 459 g/mol. The quantitative estimate of drug-likeness (QED) is 0.381. The fourth-order valence-electron chi connectivity index (χ4n) is 4.18. The van der Waals surface area contributed by atoms with Crippen LogP contribution in [0, 0.1) is 12.8 Å². The molecular formula is C23H30ClN5OS. The molecule has 0 bridgehead atoms. The topological polar surface area (TPSA) is 52.6 Å². The highest BCUT2D eigenvalue weighted by Crippen LogP contribution is 2.26. The minimum absolute atomic E-state index is 0.161. The van der Waals surface area contributed by atoms with Gasteiger partial charge in [-0.25, -0.2) is 9.97 Å². The lowest BCUT2D eigenvalue weighted by molar-refractivity contribution is -0.129. The van der Waals surface area contributed by atoms with Crippen LogP contribution in [-0.2, 0) is 4.79 Å². The molecule has 3 heterocycles. The SMILES string of the molecule is Cc1ccccc1N1CCN(c2cc(Cl)nc(SCC(=O)N3CCC(C)CC3)n2)CC1. The summed E-state index contributed by atoms with van der Waals surface area (Å²) in [5, 5.41) is 0.996. The number of nitrogens with zero attached hydrogens (tertiary/aromatic N) is 5. The van der Waals surface area contributed by atoms with E-state index in [0.717, 1.165) is 57.9 Å². The highest BCUT2D eigenvalue weighted by Gasteiger charge is 2.22. The van der Waals surface area contributed by atoms with Crippen LogP contribution in [-0.4, -0.2) is 65.8 Å². The van der Waals surface area contributed by atoms with Gasteiger partial charge in [0.05, 0.1) is 5.75 Å². The molecule has 31 heavy (non-hydrogen) atoms. The van der Waals surface area contributed by atoms with Crippen molar-refractivity contribution in [1.82, 2.24) is 14.9 Å². The highest BCUT2D eigenvalue weighted by molar-refractivity contribution is 7.99. The molecule has 166 valence electrons. The van der Waals surface area contributed by atoms with Gasteiger partial charge in [0, 0.05) is 51.0 Å². The lowest BCUT2D eigenvalue weighted by atomic mass is 9.99. The molecule has 0 spiro atoms. The molecule has 2 aliphatic heterocycles. The van der Waals surface area contributed by atoms with E-state index in [4.69, 9.17) is 16.6 Å². The number of anilines is 2. The van der Waals surface area contributed by atoms with Gasteiger partial charge >= 0.3 is 0 Å². The summed E-state index contributed by atoms with van der Waals surface area (Å²) in [6.07, 6.45) is 2.17. The zero-order valence-corrected chi connectivity index (χ0v) is 19.8. The van der Waals surface area contributed by atoms with Crippen LogP contribution in [0.1, 0.15) is 25.3 Å². The molecule has 8 heteroatoms. The summed E-state index contributed by atoms with van der Waals surface area (Å²) in [7, 11) is 0. The van der Waals surface area contributed by atoms with Gasteiger partial charge in [-0.1, -0.05) is 48.5 Å². The number of hydrogen-bond donors (Lipinski definition) is 0. The number of rotatable bonds is 5. The number of likely N-dealkylation sites (tertiary alicyclic amines) is 1. The maximum absolute atomic E-state index is 12.5. The summed E-state index contributed by atoms with van der Waals surface area (Å²) < 4.78 is 0. The maximum Gasteiger partial charge on any atom is 0.233 e. The Balaban J connectivity index is 1.35. The molecule has 0 atom stereocenters. The van der Waals surface area contributed by atoms with Crippen molar-refractivity contribution in [2.24, 2.45) is 5.92 Å². The third-order valence-corrected chi connectivity index (χ3v) is 7.21.